The molecular formula is C26H18F3N5O4. The minimum atomic E-state index is -5.08. The van der Waals surface area contributed by atoms with Crippen molar-refractivity contribution in [2.24, 2.45) is 0 Å². The summed E-state index contributed by atoms with van der Waals surface area (Å²) in [5.41, 5.74) is 4.00. The monoisotopic (exact) mass is 521 g/mol. The lowest BCUT2D eigenvalue weighted by Gasteiger charge is -2.09. The van der Waals surface area contributed by atoms with Gasteiger partial charge >= 0.3 is 12.1 Å². The molecule has 0 fully saturated rings. The van der Waals surface area contributed by atoms with E-state index in [0.29, 0.717) is 23.0 Å². The van der Waals surface area contributed by atoms with Gasteiger partial charge in [0.15, 0.2) is 0 Å². The maximum atomic E-state index is 11.6. The average molecular weight is 521 g/mol. The zero-order valence-corrected chi connectivity index (χ0v) is 19.4. The predicted octanol–water partition coefficient (Wildman–Crippen LogP) is 5.72. The number of alkyl halides is 3. The number of nitrogens with zero attached hydrogens (tertiary/aromatic N) is 3. The molecule has 0 atom stereocenters. The Morgan fingerprint density at radius 1 is 1.05 bits per heavy atom. The van der Waals surface area contributed by atoms with E-state index in [1.807, 2.05) is 36.7 Å². The van der Waals surface area contributed by atoms with Crippen LogP contribution in [0.15, 0.2) is 86.0 Å². The molecule has 0 saturated carbocycles. The highest BCUT2D eigenvalue weighted by atomic mass is 19.4. The van der Waals surface area contributed by atoms with Crippen molar-refractivity contribution in [1.82, 2.24) is 19.9 Å². The molecule has 0 unspecified atom stereocenters. The maximum Gasteiger partial charge on any atom is 0.490 e. The zero-order valence-electron chi connectivity index (χ0n) is 19.4. The molecular weight excluding hydrogens is 503 g/mol. The Kier molecular flexibility index (Phi) is 7.33. The summed E-state index contributed by atoms with van der Waals surface area (Å²) in [7, 11) is 0. The van der Waals surface area contributed by atoms with Gasteiger partial charge in [-0.1, -0.05) is 30.8 Å². The molecule has 38 heavy (non-hydrogen) atoms. The highest BCUT2D eigenvalue weighted by Gasteiger charge is 2.38. The number of aromatic amines is 1. The van der Waals surface area contributed by atoms with E-state index in [2.05, 4.69) is 37.9 Å². The van der Waals surface area contributed by atoms with Gasteiger partial charge in [-0.05, 0) is 30.3 Å². The molecule has 5 rings (SSSR count). The molecule has 0 aliphatic carbocycles. The van der Waals surface area contributed by atoms with Crippen molar-refractivity contribution in [3.63, 3.8) is 0 Å². The molecule has 3 heterocycles. The number of ether oxygens (including phenoxy) is 1. The Labute approximate surface area is 212 Å². The van der Waals surface area contributed by atoms with Gasteiger partial charge in [-0.25, -0.2) is 14.8 Å². The molecule has 0 saturated heterocycles. The van der Waals surface area contributed by atoms with E-state index < -0.39 is 12.1 Å². The van der Waals surface area contributed by atoms with Crippen LogP contribution in [0.25, 0.3) is 33.1 Å². The van der Waals surface area contributed by atoms with Gasteiger partial charge < -0.3 is 20.1 Å². The van der Waals surface area contributed by atoms with E-state index in [9.17, 15) is 18.0 Å². The molecule has 3 aromatic heterocycles. The molecule has 0 bridgehead atoms. The quantitative estimate of drug-likeness (QED) is 0.252. The topological polar surface area (TPSA) is 130 Å². The summed E-state index contributed by atoms with van der Waals surface area (Å²) in [5, 5.41) is 11.6. The van der Waals surface area contributed by atoms with Crippen molar-refractivity contribution >= 4 is 39.5 Å². The number of benzene rings is 2. The third-order valence-corrected chi connectivity index (χ3v) is 5.08. The van der Waals surface area contributed by atoms with Crippen LogP contribution in [-0.2, 0) is 9.59 Å². The largest absolute Gasteiger partial charge is 0.490 e. The first-order valence-electron chi connectivity index (χ1n) is 10.8. The number of hydrogen-bond acceptors (Lipinski definition) is 6. The number of para-hydroxylation sites is 1. The lowest BCUT2D eigenvalue weighted by Crippen LogP contribution is -2.21. The second-order valence-electron chi connectivity index (χ2n) is 7.65. The van der Waals surface area contributed by atoms with Crippen molar-refractivity contribution < 1.29 is 32.6 Å². The molecule has 12 heteroatoms. The molecule has 0 spiro atoms. The van der Waals surface area contributed by atoms with E-state index in [1.54, 1.807) is 24.3 Å². The number of rotatable bonds is 5. The minimum absolute atomic E-state index is 0.293. The fraction of sp³-hybridized carbons (Fsp3) is 0.0385. The van der Waals surface area contributed by atoms with Gasteiger partial charge in [-0.3, -0.25) is 9.78 Å². The lowest BCUT2D eigenvalue weighted by atomic mass is 10.1. The van der Waals surface area contributed by atoms with Crippen LogP contribution in [0, 0.1) is 0 Å². The lowest BCUT2D eigenvalue weighted by molar-refractivity contribution is -0.192. The number of H-pyrrole nitrogens is 1. The van der Waals surface area contributed by atoms with Gasteiger partial charge in [0.2, 0.25) is 11.8 Å². The number of carbonyl (C=O) groups excluding carboxylic acids is 1. The van der Waals surface area contributed by atoms with Crippen LogP contribution < -0.4 is 10.1 Å². The number of fused-ring (bicyclic) bond motifs is 2. The number of nitrogens with one attached hydrogen (secondary N) is 2. The highest BCUT2D eigenvalue weighted by molar-refractivity contribution is 6.00. The number of aliphatic carboxylic acids is 1. The Balaban J connectivity index is 0.000000426. The first kappa shape index (κ1) is 25.8. The summed E-state index contributed by atoms with van der Waals surface area (Å²) < 4.78 is 37.8. The van der Waals surface area contributed by atoms with Gasteiger partial charge in [0.1, 0.15) is 17.7 Å². The first-order valence-corrected chi connectivity index (χ1v) is 10.8. The first-order chi connectivity index (χ1) is 18.2. The van der Waals surface area contributed by atoms with Gasteiger partial charge in [0.05, 0.1) is 10.9 Å². The summed E-state index contributed by atoms with van der Waals surface area (Å²) in [6, 6.07) is 17.1. The van der Waals surface area contributed by atoms with Crippen molar-refractivity contribution in [3.8, 4) is 22.8 Å². The van der Waals surface area contributed by atoms with Crippen LogP contribution in [-0.4, -0.2) is 43.1 Å². The second-order valence-corrected chi connectivity index (χ2v) is 7.65. The average Bonchev–Trinajstić information content (AvgIpc) is 3.34. The Bertz CT molecular complexity index is 1650. The van der Waals surface area contributed by atoms with Crippen LogP contribution >= 0.6 is 0 Å². The third kappa shape index (κ3) is 5.93. The third-order valence-electron chi connectivity index (χ3n) is 5.08. The molecule has 0 aliphatic heterocycles. The smallest absolute Gasteiger partial charge is 0.475 e. The number of aromatic nitrogens is 4. The summed E-state index contributed by atoms with van der Waals surface area (Å²) >= 11 is 0. The number of hydrogen-bond donors (Lipinski definition) is 3. The fourth-order valence-corrected chi connectivity index (χ4v) is 3.40. The van der Waals surface area contributed by atoms with Crippen LogP contribution in [0.3, 0.4) is 0 Å². The van der Waals surface area contributed by atoms with Crippen LogP contribution in [0.2, 0.25) is 0 Å². The number of anilines is 1. The number of amides is 1. The van der Waals surface area contributed by atoms with Crippen LogP contribution in [0.1, 0.15) is 0 Å². The minimum Gasteiger partial charge on any atom is -0.475 e. The molecule has 5 aromatic rings. The molecule has 3 N–H and O–H groups in total. The normalized spacial score (nSPS) is 10.9. The summed E-state index contributed by atoms with van der Waals surface area (Å²) in [6.45, 7) is 3.46. The van der Waals surface area contributed by atoms with E-state index in [4.69, 9.17) is 14.6 Å². The van der Waals surface area contributed by atoms with Crippen molar-refractivity contribution in [2.45, 2.75) is 6.18 Å². The van der Waals surface area contributed by atoms with E-state index >= 15 is 0 Å². The van der Waals surface area contributed by atoms with E-state index in [-0.39, 0.29) is 5.91 Å². The number of halogens is 3. The summed E-state index contributed by atoms with van der Waals surface area (Å²) in [6.07, 6.45) is 1.27. The van der Waals surface area contributed by atoms with Crippen molar-refractivity contribution in [3.05, 3.63) is 86.0 Å². The molecule has 0 aliphatic rings. The maximum absolute atomic E-state index is 11.6. The van der Waals surface area contributed by atoms with Gasteiger partial charge in [-0.2, -0.15) is 13.2 Å². The SMILES string of the molecule is C=CC(=O)Nc1cccc(Oc2ncnc3[nH]cc(-c4cnc5ccccc5c4)c23)c1.O=C(O)C(F)(F)F. The Morgan fingerprint density at radius 3 is 2.55 bits per heavy atom. The number of carbonyl (C=O) groups is 2. The summed E-state index contributed by atoms with van der Waals surface area (Å²) in [5.74, 6) is -2.11. The van der Waals surface area contributed by atoms with Gasteiger partial charge in [0.25, 0.3) is 0 Å². The van der Waals surface area contributed by atoms with Crippen LogP contribution in [0.4, 0.5) is 18.9 Å². The standard InChI is InChI=1S/C24H17N5O2.C2HF3O2/c1-2-21(30)29-17-7-5-8-18(11-17)31-24-22-19(13-26-23(22)27-14-28-24)16-10-15-6-3-4-9-20(15)25-12-16;3-2(4,5)1(6)7/h2-14H,1H2,(H,29,30)(H,26,27,28);(H,6,7). The number of pyridine rings is 1. The Morgan fingerprint density at radius 2 is 1.82 bits per heavy atom. The van der Waals surface area contributed by atoms with Crippen LogP contribution in [0.5, 0.6) is 11.6 Å². The molecule has 192 valence electrons. The highest BCUT2D eigenvalue weighted by Crippen LogP contribution is 2.36. The molecule has 9 nitrogen and oxygen atoms in total. The van der Waals surface area contributed by atoms with Crippen molar-refractivity contribution in [1.29, 1.82) is 0 Å². The fourth-order valence-electron chi connectivity index (χ4n) is 3.40. The van der Waals surface area contributed by atoms with Crippen molar-refractivity contribution in [2.75, 3.05) is 5.32 Å². The zero-order chi connectivity index (χ0) is 27.3. The Hall–Kier alpha value is -5.26. The second kappa shape index (κ2) is 10.8. The summed E-state index contributed by atoms with van der Waals surface area (Å²) in [4.78, 5) is 36.9. The molecule has 2 aromatic carbocycles. The number of carboxylic acid groups (broad SMARTS) is 1. The van der Waals surface area contributed by atoms with Gasteiger partial charge in [0, 0.05) is 40.7 Å². The van der Waals surface area contributed by atoms with E-state index in [1.165, 1.54) is 12.4 Å². The molecule has 0 radical (unpaired) electrons. The van der Waals surface area contributed by atoms with E-state index in [0.717, 1.165) is 27.4 Å². The van der Waals surface area contributed by atoms with Gasteiger partial charge in [-0.15, -0.1) is 0 Å². The number of carboxylic acids is 1. The predicted molar refractivity (Wildman–Crippen MR) is 134 cm³/mol. The molecule has 1 amide bonds.